The van der Waals surface area contributed by atoms with Crippen LogP contribution in [0.2, 0.25) is 0 Å². The Balaban J connectivity index is 2.31. The summed E-state index contributed by atoms with van der Waals surface area (Å²) in [5.74, 6) is -4.46. The summed E-state index contributed by atoms with van der Waals surface area (Å²) in [4.78, 5) is 79.2. The number of nitrogens with two attached hydrogens (primary N) is 3. The van der Waals surface area contributed by atoms with Crippen LogP contribution in [0, 0.1) is 11.8 Å². The third-order valence-electron chi connectivity index (χ3n) is 8.42. The number of carbonyl (C=O) groups is 6. The molecule has 0 aliphatic rings. The van der Waals surface area contributed by atoms with E-state index in [2.05, 4.69) is 26.6 Å². The molecule has 11 N–H and O–H groups in total. The van der Waals surface area contributed by atoms with Gasteiger partial charge in [0.2, 0.25) is 35.4 Å². The van der Waals surface area contributed by atoms with Gasteiger partial charge in [0.15, 0.2) is 0 Å². The highest BCUT2D eigenvalue weighted by molar-refractivity contribution is 5.96. The van der Waals surface area contributed by atoms with E-state index in [1.165, 1.54) is 6.92 Å². The molecule has 14 nitrogen and oxygen atoms in total. The van der Waals surface area contributed by atoms with Crippen LogP contribution >= 0.6 is 0 Å². The van der Waals surface area contributed by atoms with Crippen LogP contribution in [0.15, 0.2) is 60.7 Å². The summed E-state index contributed by atoms with van der Waals surface area (Å²) in [6, 6.07) is 11.9. The molecule has 0 saturated carbocycles. The van der Waals surface area contributed by atoms with Crippen molar-refractivity contribution in [3.05, 3.63) is 71.8 Å². The van der Waals surface area contributed by atoms with Gasteiger partial charge in [-0.25, -0.2) is 0 Å². The van der Waals surface area contributed by atoms with E-state index < -0.39 is 77.6 Å². The summed E-state index contributed by atoms with van der Waals surface area (Å²) < 4.78 is 0. The maximum Gasteiger partial charge on any atom is 0.243 e. The van der Waals surface area contributed by atoms with Gasteiger partial charge in [0.25, 0.3) is 0 Å². The summed E-state index contributed by atoms with van der Waals surface area (Å²) in [6.45, 7) is 8.94. The highest BCUT2D eigenvalue weighted by Crippen LogP contribution is 2.11. The Morgan fingerprint density at radius 2 is 0.980 bits per heavy atom. The van der Waals surface area contributed by atoms with Gasteiger partial charge in [-0.3, -0.25) is 28.8 Å². The van der Waals surface area contributed by atoms with E-state index in [1.807, 2.05) is 12.1 Å². The molecule has 2 aromatic carbocycles. The van der Waals surface area contributed by atoms with Gasteiger partial charge in [0.05, 0.1) is 6.04 Å². The summed E-state index contributed by atoms with van der Waals surface area (Å²) >= 11 is 0. The molecule has 0 fully saturated rings. The fourth-order valence-corrected chi connectivity index (χ4v) is 5.25. The Labute approximate surface area is 300 Å². The van der Waals surface area contributed by atoms with E-state index >= 15 is 0 Å². The minimum absolute atomic E-state index is 0.0707. The average molecular weight is 709 g/mol. The zero-order chi connectivity index (χ0) is 38.1. The van der Waals surface area contributed by atoms with Crippen molar-refractivity contribution in [1.29, 1.82) is 0 Å². The van der Waals surface area contributed by atoms with Crippen molar-refractivity contribution in [3.8, 4) is 0 Å². The van der Waals surface area contributed by atoms with Gasteiger partial charge < -0.3 is 43.8 Å². The van der Waals surface area contributed by atoms with E-state index in [0.717, 1.165) is 17.5 Å². The standard InChI is InChI=1S/C37H56N8O6/c1-22(2)30(45-37(51)31(23(3)4)44-33(47)27(39)18-12-13-19-38)36(50)43-29(21-26-16-10-7-11-17-26)35(49)42-28(20-25-14-8-6-9-15-25)34(48)41-24(5)32(40)46/h6-11,14-17,22-24,27-31H,12-13,18-21,38-39H2,1-5H3,(H2,40,46)(H,41,48)(H,42,49)(H,43,50)(H,44,47)(H,45,51)/t24-,27-,28-,29-,30-,31-/m0/s1. The van der Waals surface area contributed by atoms with Crippen molar-refractivity contribution in [2.24, 2.45) is 29.0 Å². The maximum atomic E-state index is 13.9. The number of amides is 6. The fourth-order valence-electron chi connectivity index (χ4n) is 5.25. The van der Waals surface area contributed by atoms with Crippen molar-refractivity contribution in [2.45, 2.75) is 103 Å². The lowest BCUT2D eigenvalue weighted by Gasteiger charge is -2.29. The molecule has 51 heavy (non-hydrogen) atoms. The van der Waals surface area contributed by atoms with E-state index in [4.69, 9.17) is 17.2 Å². The van der Waals surface area contributed by atoms with E-state index in [-0.39, 0.29) is 18.8 Å². The van der Waals surface area contributed by atoms with Gasteiger partial charge in [0, 0.05) is 12.8 Å². The van der Waals surface area contributed by atoms with E-state index in [9.17, 15) is 28.8 Å². The summed E-state index contributed by atoms with van der Waals surface area (Å²) in [6.07, 6.45) is 1.97. The summed E-state index contributed by atoms with van der Waals surface area (Å²) in [7, 11) is 0. The lowest BCUT2D eigenvalue weighted by atomic mass is 9.98. The van der Waals surface area contributed by atoms with Crippen molar-refractivity contribution >= 4 is 35.4 Å². The quantitative estimate of drug-likeness (QED) is 0.0830. The van der Waals surface area contributed by atoms with Crippen LogP contribution in [0.1, 0.15) is 65.0 Å². The molecule has 280 valence electrons. The lowest BCUT2D eigenvalue weighted by molar-refractivity contribution is -0.136. The second kappa shape index (κ2) is 21.4. The number of rotatable bonds is 21. The van der Waals surface area contributed by atoms with Gasteiger partial charge in [-0.1, -0.05) is 94.8 Å². The monoisotopic (exact) mass is 708 g/mol. The van der Waals surface area contributed by atoms with Gasteiger partial charge in [-0.2, -0.15) is 0 Å². The first-order valence-electron chi connectivity index (χ1n) is 17.5. The number of unbranched alkanes of at least 4 members (excludes halogenated alkanes) is 1. The molecule has 14 heteroatoms. The molecule has 0 heterocycles. The SMILES string of the molecule is CC(C)[C@H](NC(=O)[C@@H](NC(=O)[C@@H](N)CCCCN)C(C)C)C(=O)N[C@@H](Cc1ccccc1)C(=O)N[C@@H](Cc1ccccc1)C(=O)N[C@@H](C)C(N)=O. The zero-order valence-electron chi connectivity index (χ0n) is 30.3. The van der Waals surface area contributed by atoms with Crippen LogP contribution < -0.4 is 43.8 Å². The number of hydrogen-bond donors (Lipinski definition) is 8. The largest absolute Gasteiger partial charge is 0.368 e. The molecule has 0 radical (unpaired) electrons. The van der Waals surface area contributed by atoms with Crippen LogP contribution in [-0.4, -0.2) is 78.2 Å². The molecule has 6 atom stereocenters. The Morgan fingerprint density at radius 1 is 0.569 bits per heavy atom. The van der Waals surface area contributed by atoms with Crippen molar-refractivity contribution in [3.63, 3.8) is 0 Å². The number of benzene rings is 2. The highest BCUT2D eigenvalue weighted by Gasteiger charge is 2.34. The molecule has 0 aliphatic carbocycles. The van der Waals surface area contributed by atoms with Crippen LogP contribution in [0.25, 0.3) is 0 Å². The Hall–Kier alpha value is -4.82. The number of carbonyl (C=O) groups excluding carboxylic acids is 6. The Kier molecular flexibility index (Phi) is 17.8. The molecule has 2 aromatic rings. The minimum Gasteiger partial charge on any atom is -0.368 e. The topological polar surface area (TPSA) is 241 Å². The predicted octanol–water partition coefficient (Wildman–Crippen LogP) is 0.169. The molecule has 0 aromatic heterocycles. The van der Waals surface area contributed by atoms with Crippen molar-refractivity contribution in [1.82, 2.24) is 26.6 Å². The van der Waals surface area contributed by atoms with Crippen molar-refractivity contribution < 1.29 is 28.8 Å². The molecule has 0 saturated heterocycles. The lowest BCUT2D eigenvalue weighted by Crippen LogP contribution is -2.61. The number of primary amides is 1. The van der Waals surface area contributed by atoms with E-state index in [0.29, 0.717) is 19.4 Å². The number of nitrogens with one attached hydrogen (secondary N) is 5. The zero-order valence-corrected chi connectivity index (χ0v) is 30.3. The third-order valence-corrected chi connectivity index (χ3v) is 8.42. The summed E-state index contributed by atoms with van der Waals surface area (Å²) in [5, 5.41) is 13.6. The average Bonchev–Trinajstić information content (AvgIpc) is 3.09. The van der Waals surface area contributed by atoms with Gasteiger partial charge in [-0.15, -0.1) is 0 Å². The van der Waals surface area contributed by atoms with Gasteiger partial charge in [0.1, 0.15) is 30.2 Å². The Bertz CT molecular complexity index is 1440. The normalized spacial score (nSPS) is 14.7. The second-order valence-corrected chi connectivity index (χ2v) is 13.5. The molecule has 0 unspecified atom stereocenters. The first-order valence-corrected chi connectivity index (χ1v) is 17.5. The molecule has 2 rings (SSSR count). The van der Waals surface area contributed by atoms with Gasteiger partial charge >= 0.3 is 0 Å². The first kappa shape index (κ1) is 42.3. The molecule has 0 spiro atoms. The van der Waals surface area contributed by atoms with Gasteiger partial charge in [-0.05, 0) is 49.3 Å². The third kappa shape index (κ3) is 14.5. The Morgan fingerprint density at radius 3 is 1.41 bits per heavy atom. The second-order valence-electron chi connectivity index (χ2n) is 13.5. The molecule has 0 aliphatic heterocycles. The van der Waals surface area contributed by atoms with Crippen LogP contribution in [0.4, 0.5) is 0 Å². The van der Waals surface area contributed by atoms with Crippen LogP contribution in [0.5, 0.6) is 0 Å². The van der Waals surface area contributed by atoms with Crippen LogP contribution in [0.3, 0.4) is 0 Å². The smallest absolute Gasteiger partial charge is 0.243 e. The molecule has 0 bridgehead atoms. The maximum absolute atomic E-state index is 13.9. The van der Waals surface area contributed by atoms with Crippen molar-refractivity contribution in [2.75, 3.05) is 6.54 Å². The molecule has 6 amide bonds. The molecular weight excluding hydrogens is 652 g/mol. The highest BCUT2D eigenvalue weighted by atomic mass is 16.2. The number of hydrogen-bond acceptors (Lipinski definition) is 8. The molecular formula is C37H56N8O6. The summed E-state index contributed by atoms with van der Waals surface area (Å²) in [5.41, 5.74) is 18.4. The first-order chi connectivity index (χ1) is 24.1. The minimum atomic E-state index is -1.16. The van der Waals surface area contributed by atoms with E-state index in [1.54, 1.807) is 76.2 Å². The van der Waals surface area contributed by atoms with Crippen LogP contribution in [-0.2, 0) is 41.6 Å². The fraction of sp³-hybridized carbons (Fsp3) is 0.514. The predicted molar refractivity (Wildman–Crippen MR) is 195 cm³/mol.